The van der Waals surface area contributed by atoms with Crippen LogP contribution in [0.25, 0.3) is 0 Å². The van der Waals surface area contributed by atoms with Crippen molar-refractivity contribution in [2.24, 2.45) is 11.1 Å². The molecule has 1 rings (SSSR count). The first kappa shape index (κ1) is 11.5. The maximum Gasteiger partial charge on any atom is 0.234 e. The molecule has 0 spiro atoms. The van der Waals surface area contributed by atoms with E-state index in [4.69, 9.17) is 10.5 Å². The van der Waals surface area contributed by atoms with Gasteiger partial charge in [-0.25, -0.2) is 0 Å². The minimum absolute atomic E-state index is 0.0961. The zero-order valence-corrected chi connectivity index (χ0v) is 9.46. The van der Waals surface area contributed by atoms with Crippen LogP contribution in [0.2, 0.25) is 0 Å². The van der Waals surface area contributed by atoms with Crippen LogP contribution >= 0.6 is 0 Å². The summed E-state index contributed by atoms with van der Waals surface area (Å²) in [6.45, 7) is 7.32. The topological polar surface area (TPSA) is 55.6 Å². The Morgan fingerprint density at radius 1 is 1.50 bits per heavy atom. The fourth-order valence-electron chi connectivity index (χ4n) is 1.34. The van der Waals surface area contributed by atoms with Crippen LogP contribution in [0.15, 0.2) is 0 Å². The molecule has 0 aromatic heterocycles. The van der Waals surface area contributed by atoms with Crippen molar-refractivity contribution in [1.82, 2.24) is 4.90 Å². The average molecular weight is 200 g/mol. The van der Waals surface area contributed by atoms with Crippen LogP contribution in [-0.2, 0) is 9.53 Å². The standard InChI is InChI=1S/C10H20N2O2/c1-9(2,3)12(4)8(13)10(5-11)6-14-7-10/h5-7,11H2,1-4H3. The molecule has 0 aromatic carbocycles. The van der Waals surface area contributed by atoms with Crippen LogP contribution in [0, 0.1) is 5.41 Å². The van der Waals surface area contributed by atoms with Crippen LogP contribution in [0.4, 0.5) is 0 Å². The van der Waals surface area contributed by atoms with E-state index < -0.39 is 5.41 Å². The molecule has 0 bridgehead atoms. The monoisotopic (exact) mass is 200 g/mol. The fourth-order valence-corrected chi connectivity index (χ4v) is 1.34. The summed E-state index contributed by atoms with van der Waals surface area (Å²) in [5.74, 6) is 0.0961. The minimum Gasteiger partial charge on any atom is -0.379 e. The molecule has 4 nitrogen and oxygen atoms in total. The Morgan fingerprint density at radius 3 is 2.21 bits per heavy atom. The quantitative estimate of drug-likeness (QED) is 0.693. The Labute approximate surface area is 85.4 Å². The lowest BCUT2D eigenvalue weighted by atomic mass is 9.83. The second kappa shape index (κ2) is 3.51. The molecule has 2 N–H and O–H groups in total. The highest BCUT2D eigenvalue weighted by molar-refractivity contribution is 5.84. The number of carbonyl (C=O) groups is 1. The molecule has 0 aromatic rings. The third-order valence-electron chi connectivity index (χ3n) is 2.91. The molecule has 1 aliphatic heterocycles. The van der Waals surface area contributed by atoms with Gasteiger partial charge in [-0.15, -0.1) is 0 Å². The molecule has 1 fully saturated rings. The Kier molecular flexibility index (Phi) is 2.88. The van der Waals surface area contributed by atoms with Crippen molar-refractivity contribution in [1.29, 1.82) is 0 Å². The Morgan fingerprint density at radius 2 is 2.00 bits per heavy atom. The highest BCUT2D eigenvalue weighted by Crippen LogP contribution is 2.30. The molecule has 0 saturated carbocycles. The van der Waals surface area contributed by atoms with Gasteiger partial charge in [0.15, 0.2) is 0 Å². The van der Waals surface area contributed by atoms with Crippen LogP contribution in [-0.4, -0.2) is 43.2 Å². The summed E-state index contributed by atoms with van der Waals surface area (Å²) in [7, 11) is 1.82. The summed E-state index contributed by atoms with van der Waals surface area (Å²) in [5.41, 5.74) is 5.01. The minimum atomic E-state index is -0.456. The van der Waals surface area contributed by atoms with Crippen molar-refractivity contribution in [2.75, 3.05) is 26.8 Å². The van der Waals surface area contributed by atoms with E-state index in [2.05, 4.69) is 0 Å². The SMILES string of the molecule is CN(C(=O)C1(CN)COC1)C(C)(C)C. The molecule has 1 heterocycles. The summed E-state index contributed by atoms with van der Waals surface area (Å²) in [4.78, 5) is 13.8. The number of ether oxygens (including phenoxy) is 1. The summed E-state index contributed by atoms with van der Waals surface area (Å²) >= 11 is 0. The van der Waals surface area contributed by atoms with Gasteiger partial charge in [0.2, 0.25) is 5.91 Å². The molecular weight excluding hydrogens is 180 g/mol. The Hall–Kier alpha value is -0.610. The second-order valence-electron chi connectivity index (χ2n) is 5.01. The van der Waals surface area contributed by atoms with Gasteiger partial charge in [-0.3, -0.25) is 4.79 Å². The van der Waals surface area contributed by atoms with Crippen molar-refractivity contribution < 1.29 is 9.53 Å². The van der Waals surface area contributed by atoms with Crippen LogP contribution < -0.4 is 5.73 Å². The lowest BCUT2D eigenvalue weighted by Gasteiger charge is -2.44. The van der Waals surface area contributed by atoms with Gasteiger partial charge in [0.1, 0.15) is 5.41 Å². The van der Waals surface area contributed by atoms with Gasteiger partial charge in [0.05, 0.1) is 13.2 Å². The van der Waals surface area contributed by atoms with Crippen molar-refractivity contribution in [3.8, 4) is 0 Å². The van der Waals surface area contributed by atoms with Crippen molar-refractivity contribution in [3.63, 3.8) is 0 Å². The third kappa shape index (κ3) is 1.77. The number of nitrogens with zero attached hydrogens (tertiary/aromatic N) is 1. The number of nitrogens with two attached hydrogens (primary N) is 1. The highest BCUT2D eigenvalue weighted by atomic mass is 16.5. The fraction of sp³-hybridized carbons (Fsp3) is 0.900. The highest BCUT2D eigenvalue weighted by Gasteiger charge is 2.47. The van der Waals surface area contributed by atoms with E-state index in [0.29, 0.717) is 19.8 Å². The molecule has 0 unspecified atom stereocenters. The molecule has 1 aliphatic rings. The number of amides is 1. The predicted octanol–water partition coefficient (Wildman–Crippen LogP) is 0.219. The van der Waals surface area contributed by atoms with Gasteiger partial charge in [-0.1, -0.05) is 0 Å². The zero-order chi connectivity index (χ0) is 11.0. The smallest absolute Gasteiger partial charge is 0.234 e. The third-order valence-corrected chi connectivity index (χ3v) is 2.91. The summed E-state index contributed by atoms with van der Waals surface area (Å²) in [6.07, 6.45) is 0. The summed E-state index contributed by atoms with van der Waals surface area (Å²) in [5, 5.41) is 0. The molecule has 0 atom stereocenters. The average Bonchev–Trinajstić information content (AvgIpc) is 2.00. The number of carbonyl (C=O) groups excluding carboxylic acids is 1. The van der Waals surface area contributed by atoms with Gasteiger partial charge in [0, 0.05) is 19.1 Å². The molecule has 4 heteroatoms. The van der Waals surface area contributed by atoms with Gasteiger partial charge in [-0.2, -0.15) is 0 Å². The van der Waals surface area contributed by atoms with Gasteiger partial charge in [-0.05, 0) is 20.8 Å². The summed E-state index contributed by atoms with van der Waals surface area (Å²) < 4.78 is 5.09. The van der Waals surface area contributed by atoms with Crippen molar-refractivity contribution >= 4 is 5.91 Å². The van der Waals surface area contributed by atoms with Crippen molar-refractivity contribution in [2.45, 2.75) is 26.3 Å². The van der Waals surface area contributed by atoms with Gasteiger partial charge in [0.25, 0.3) is 0 Å². The zero-order valence-electron chi connectivity index (χ0n) is 9.46. The molecule has 0 radical (unpaired) electrons. The normalized spacial score (nSPS) is 20.1. The van der Waals surface area contributed by atoms with E-state index in [-0.39, 0.29) is 11.4 Å². The lowest BCUT2D eigenvalue weighted by Crippen LogP contribution is -2.61. The largest absolute Gasteiger partial charge is 0.379 e. The number of hydrogen-bond acceptors (Lipinski definition) is 3. The molecule has 1 saturated heterocycles. The van der Waals surface area contributed by atoms with Crippen molar-refractivity contribution in [3.05, 3.63) is 0 Å². The maximum absolute atomic E-state index is 12.1. The molecule has 0 aliphatic carbocycles. The van der Waals surface area contributed by atoms with Crippen LogP contribution in [0.1, 0.15) is 20.8 Å². The van der Waals surface area contributed by atoms with E-state index >= 15 is 0 Å². The van der Waals surface area contributed by atoms with Crippen LogP contribution in [0.5, 0.6) is 0 Å². The van der Waals surface area contributed by atoms with Gasteiger partial charge < -0.3 is 15.4 Å². The molecule has 14 heavy (non-hydrogen) atoms. The van der Waals surface area contributed by atoms with E-state index in [0.717, 1.165) is 0 Å². The Bertz CT molecular complexity index is 223. The first-order valence-electron chi connectivity index (χ1n) is 4.89. The van der Waals surface area contributed by atoms with Crippen LogP contribution in [0.3, 0.4) is 0 Å². The molecule has 1 amide bonds. The lowest BCUT2D eigenvalue weighted by molar-refractivity contribution is -0.173. The Balaban J connectivity index is 2.74. The number of hydrogen-bond donors (Lipinski definition) is 1. The first-order chi connectivity index (χ1) is 6.33. The summed E-state index contributed by atoms with van der Waals surface area (Å²) in [6, 6.07) is 0. The van der Waals surface area contributed by atoms with E-state index in [1.54, 1.807) is 4.90 Å². The molecule has 82 valence electrons. The van der Waals surface area contributed by atoms with Gasteiger partial charge >= 0.3 is 0 Å². The second-order valence-corrected chi connectivity index (χ2v) is 5.01. The maximum atomic E-state index is 12.1. The van der Waals surface area contributed by atoms with E-state index in [1.165, 1.54) is 0 Å². The van der Waals surface area contributed by atoms with E-state index in [1.807, 2.05) is 27.8 Å². The predicted molar refractivity (Wildman–Crippen MR) is 54.8 cm³/mol. The first-order valence-corrected chi connectivity index (χ1v) is 4.89. The van der Waals surface area contributed by atoms with E-state index in [9.17, 15) is 4.79 Å². The molecular formula is C10H20N2O2. The number of rotatable bonds is 2.